The summed E-state index contributed by atoms with van der Waals surface area (Å²) in [6, 6.07) is 5.80. The summed E-state index contributed by atoms with van der Waals surface area (Å²) in [5, 5.41) is 9.30. The fraction of sp³-hybridized carbons (Fsp3) is 0.529. The molecule has 6 heteroatoms. The van der Waals surface area contributed by atoms with E-state index in [9.17, 15) is 4.79 Å². The Bertz CT molecular complexity index is 543. The van der Waals surface area contributed by atoms with Gasteiger partial charge in [0.15, 0.2) is 5.96 Å². The molecule has 1 rings (SSSR count). The van der Waals surface area contributed by atoms with Crippen LogP contribution in [-0.2, 0) is 4.79 Å². The maximum absolute atomic E-state index is 12.0. The van der Waals surface area contributed by atoms with E-state index in [-0.39, 0.29) is 5.91 Å². The lowest BCUT2D eigenvalue weighted by Crippen LogP contribution is -2.39. The standard InChI is InChI=1S/C17H27BrN4O/c1-5-19-17(21-11-12(2)3)20-9-8-16(23)22-15-7-6-14(18)10-13(15)4/h6-7,10,12H,5,8-9,11H2,1-4H3,(H,22,23)(H2,19,20,21). The van der Waals surface area contributed by atoms with Gasteiger partial charge >= 0.3 is 0 Å². The van der Waals surface area contributed by atoms with Crippen molar-refractivity contribution in [2.45, 2.75) is 34.1 Å². The molecule has 0 spiro atoms. The van der Waals surface area contributed by atoms with Crippen LogP contribution in [0.3, 0.4) is 0 Å². The normalized spacial score (nSPS) is 11.5. The van der Waals surface area contributed by atoms with E-state index in [4.69, 9.17) is 0 Å². The Labute approximate surface area is 147 Å². The Hall–Kier alpha value is -1.56. The second kappa shape index (κ2) is 10.3. The van der Waals surface area contributed by atoms with E-state index in [0.717, 1.165) is 34.8 Å². The third kappa shape index (κ3) is 8.02. The lowest BCUT2D eigenvalue weighted by molar-refractivity contribution is -0.116. The third-order valence-corrected chi connectivity index (χ3v) is 3.56. The topological polar surface area (TPSA) is 65.5 Å². The number of nitrogens with one attached hydrogen (secondary N) is 3. The fourth-order valence-electron chi connectivity index (χ4n) is 1.89. The molecule has 0 atom stereocenters. The largest absolute Gasteiger partial charge is 0.357 e. The number of carbonyl (C=O) groups is 1. The predicted molar refractivity (Wildman–Crippen MR) is 101 cm³/mol. The first-order chi connectivity index (χ1) is 10.9. The summed E-state index contributed by atoms with van der Waals surface area (Å²) in [7, 11) is 0. The Morgan fingerprint density at radius 1 is 1.30 bits per heavy atom. The van der Waals surface area contributed by atoms with Crippen LogP contribution in [0, 0.1) is 12.8 Å². The van der Waals surface area contributed by atoms with E-state index in [1.165, 1.54) is 0 Å². The van der Waals surface area contributed by atoms with E-state index in [2.05, 4.69) is 50.7 Å². The minimum Gasteiger partial charge on any atom is -0.357 e. The molecule has 0 radical (unpaired) electrons. The Morgan fingerprint density at radius 3 is 2.65 bits per heavy atom. The zero-order valence-electron chi connectivity index (χ0n) is 14.4. The van der Waals surface area contributed by atoms with Crippen molar-refractivity contribution in [2.24, 2.45) is 10.9 Å². The summed E-state index contributed by atoms with van der Waals surface area (Å²) in [6.45, 7) is 10.4. The highest BCUT2D eigenvalue weighted by Crippen LogP contribution is 2.19. The molecule has 0 heterocycles. The molecule has 1 aromatic carbocycles. The highest BCUT2D eigenvalue weighted by Gasteiger charge is 2.06. The molecule has 128 valence electrons. The summed E-state index contributed by atoms with van der Waals surface area (Å²) < 4.78 is 1.01. The maximum atomic E-state index is 12.0. The molecule has 0 fully saturated rings. The van der Waals surface area contributed by atoms with Gasteiger partial charge in [0.25, 0.3) is 0 Å². The van der Waals surface area contributed by atoms with Gasteiger partial charge in [-0.25, -0.2) is 0 Å². The van der Waals surface area contributed by atoms with Crippen LogP contribution < -0.4 is 16.0 Å². The zero-order valence-corrected chi connectivity index (χ0v) is 16.0. The van der Waals surface area contributed by atoms with Gasteiger partial charge in [0.1, 0.15) is 0 Å². The van der Waals surface area contributed by atoms with Gasteiger partial charge in [0.2, 0.25) is 5.91 Å². The number of guanidine groups is 1. The van der Waals surface area contributed by atoms with Crippen LogP contribution in [-0.4, -0.2) is 31.5 Å². The van der Waals surface area contributed by atoms with Gasteiger partial charge in [-0.15, -0.1) is 0 Å². The number of halogens is 1. The van der Waals surface area contributed by atoms with E-state index in [0.29, 0.717) is 18.9 Å². The second-order valence-corrected chi connectivity index (χ2v) is 6.71. The van der Waals surface area contributed by atoms with Crippen LogP contribution in [0.5, 0.6) is 0 Å². The molecule has 0 unspecified atom stereocenters. The molecule has 23 heavy (non-hydrogen) atoms. The van der Waals surface area contributed by atoms with Crippen molar-refractivity contribution in [1.29, 1.82) is 0 Å². The first-order valence-electron chi connectivity index (χ1n) is 8.00. The molecular formula is C17H27BrN4O. The first kappa shape index (κ1) is 19.5. The van der Waals surface area contributed by atoms with Gasteiger partial charge in [-0.05, 0) is 43.5 Å². The molecule has 0 aliphatic carbocycles. The molecule has 0 aliphatic heterocycles. The maximum Gasteiger partial charge on any atom is 0.226 e. The van der Waals surface area contributed by atoms with Crippen LogP contribution in [0.15, 0.2) is 27.7 Å². The lowest BCUT2D eigenvalue weighted by Gasteiger charge is -2.12. The van der Waals surface area contributed by atoms with Crippen LogP contribution >= 0.6 is 15.9 Å². The quantitative estimate of drug-likeness (QED) is 0.500. The van der Waals surface area contributed by atoms with Crippen molar-refractivity contribution < 1.29 is 4.79 Å². The van der Waals surface area contributed by atoms with Crippen molar-refractivity contribution in [3.63, 3.8) is 0 Å². The summed E-state index contributed by atoms with van der Waals surface area (Å²) in [5.41, 5.74) is 1.88. The second-order valence-electron chi connectivity index (χ2n) is 5.80. The summed E-state index contributed by atoms with van der Waals surface area (Å²) in [5.74, 6) is 1.26. The average molecular weight is 383 g/mol. The highest BCUT2D eigenvalue weighted by molar-refractivity contribution is 9.10. The molecule has 0 bridgehead atoms. The SMILES string of the molecule is CCNC(=NCC(C)C)NCCC(=O)Nc1ccc(Br)cc1C. The molecule has 1 aromatic rings. The van der Waals surface area contributed by atoms with E-state index >= 15 is 0 Å². The van der Waals surface area contributed by atoms with Crippen molar-refractivity contribution in [3.05, 3.63) is 28.2 Å². The molecule has 1 amide bonds. The molecule has 3 N–H and O–H groups in total. The highest BCUT2D eigenvalue weighted by atomic mass is 79.9. The fourth-order valence-corrected chi connectivity index (χ4v) is 2.37. The smallest absolute Gasteiger partial charge is 0.226 e. The first-order valence-corrected chi connectivity index (χ1v) is 8.79. The van der Waals surface area contributed by atoms with Gasteiger partial charge in [-0.2, -0.15) is 0 Å². The summed E-state index contributed by atoms with van der Waals surface area (Å²) in [6.07, 6.45) is 0.390. The average Bonchev–Trinajstić information content (AvgIpc) is 2.47. The molecular weight excluding hydrogens is 356 g/mol. The molecule has 0 aromatic heterocycles. The number of rotatable bonds is 7. The number of anilines is 1. The van der Waals surface area contributed by atoms with Gasteiger partial charge in [0, 0.05) is 36.2 Å². The molecule has 5 nitrogen and oxygen atoms in total. The number of aliphatic imine (C=N–C) groups is 1. The van der Waals surface area contributed by atoms with Crippen molar-refractivity contribution >= 4 is 33.5 Å². The van der Waals surface area contributed by atoms with E-state index in [1.54, 1.807) is 0 Å². The minimum atomic E-state index is -0.0115. The monoisotopic (exact) mass is 382 g/mol. The summed E-state index contributed by atoms with van der Waals surface area (Å²) in [4.78, 5) is 16.5. The van der Waals surface area contributed by atoms with Crippen LogP contribution in [0.2, 0.25) is 0 Å². The number of carbonyl (C=O) groups excluding carboxylic acids is 1. The number of amides is 1. The number of hydrogen-bond donors (Lipinski definition) is 3. The third-order valence-electron chi connectivity index (χ3n) is 3.07. The van der Waals surface area contributed by atoms with Gasteiger partial charge < -0.3 is 16.0 Å². The number of aryl methyl sites for hydroxylation is 1. The number of benzene rings is 1. The van der Waals surface area contributed by atoms with Crippen molar-refractivity contribution in [3.8, 4) is 0 Å². The van der Waals surface area contributed by atoms with E-state index < -0.39 is 0 Å². The van der Waals surface area contributed by atoms with Crippen LogP contribution in [0.25, 0.3) is 0 Å². The van der Waals surface area contributed by atoms with Crippen LogP contribution in [0.1, 0.15) is 32.8 Å². The van der Waals surface area contributed by atoms with Crippen LogP contribution in [0.4, 0.5) is 5.69 Å². The van der Waals surface area contributed by atoms with E-state index in [1.807, 2.05) is 32.0 Å². The Morgan fingerprint density at radius 2 is 2.04 bits per heavy atom. The predicted octanol–water partition coefficient (Wildman–Crippen LogP) is 3.30. The lowest BCUT2D eigenvalue weighted by atomic mass is 10.2. The number of nitrogens with zero attached hydrogens (tertiary/aromatic N) is 1. The molecule has 0 saturated heterocycles. The number of hydrogen-bond acceptors (Lipinski definition) is 2. The van der Waals surface area contributed by atoms with Crippen molar-refractivity contribution in [1.82, 2.24) is 10.6 Å². The van der Waals surface area contributed by atoms with Gasteiger partial charge in [-0.3, -0.25) is 9.79 Å². The Balaban J connectivity index is 2.44. The summed E-state index contributed by atoms with van der Waals surface area (Å²) >= 11 is 3.42. The Kier molecular flexibility index (Phi) is 8.69. The van der Waals surface area contributed by atoms with Gasteiger partial charge in [0.05, 0.1) is 0 Å². The van der Waals surface area contributed by atoms with Crippen molar-refractivity contribution in [2.75, 3.05) is 25.0 Å². The van der Waals surface area contributed by atoms with Gasteiger partial charge in [-0.1, -0.05) is 29.8 Å². The minimum absolute atomic E-state index is 0.0115. The zero-order chi connectivity index (χ0) is 17.2. The molecule has 0 aliphatic rings. The molecule has 0 saturated carbocycles.